The van der Waals surface area contributed by atoms with Crippen LogP contribution in [0.1, 0.15) is 41.1 Å². The molecule has 0 spiro atoms. The minimum atomic E-state index is -0.397. The van der Waals surface area contributed by atoms with Crippen LogP contribution in [0.15, 0.2) is 24.3 Å². The second-order valence-electron chi connectivity index (χ2n) is 6.32. The highest BCUT2D eigenvalue weighted by atomic mass is 32.1. The highest BCUT2D eigenvalue weighted by Gasteiger charge is 2.28. The average Bonchev–Trinajstić information content (AvgIpc) is 3.21. The zero-order valence-corrected chi connectivity index (χ0v) is 16.6. The van der Waals surface area contributed by atoms with E-state index in [4.69, 9.17) is 9.47 Å². The topological polar surface area (TPSA) is 93.7 Å². The van der Waals surface area contributed by atoms with Gasteiger partial charge in [-0.25, -0.2) is 4.79 Å². The third kappa shape index (κ3) is 4.69. The Morgan fingerprint density at radius 1 is 1.11 bits per heavy atom. The second-order valence-corrected chi connectivity index (χ2v) is 7.43. The molecule has 8 heteroatoms. The fourth-order valence-electron chi connectivity index (χ4n) is 3.06. The monoisotopic (exact) mass is 402 g/mol. The van der Waals surface area contributed by atoms with Gasteiger partial charge >= 0.3 is 5.97 Å². The molecule has 0 radical (unpaired) electrons. The van der Waals surface area contributed by atoms with E-state index >= 15 is 0 Å². The van der Waals surface area contributed by atoms with Crippen molar-refractivity contribution in [2.24, 2.45) is 0 Å². The highest BCUT2D eigenvalue weighted by molar-refractivity contribution is 7.17. The number of fused-ring (bicyclic) bond motifs is 1. The molecule has 1 heterocycles. The summed E-state index contributed by atoms with van der Waals surface area (Å²) in [6, 6.07) is 6.72. The van der Waals surface area contributed by atoms with Crippen LogP contribution in [0, 0.1) is 0 Å². The Hall–Kier alpha value is -2.87. The van der Waals surface area contributed by atoms with Gasteiger partial charge in [-0.05, 0) is 56.0 Å². The summed E-state index contributed by atoms with van der Waals surface area (Å²) in [6.07, 6.45) is 2.76. The molecule has 0 fully saturated rings. The molecule has 0 unspecified atom stereocenters. The van der Waals surface area contributed by atoms with Crippen LogP contribution >= 0.6 is 11.3 Å². The standard InChI is InChI=1S/C20H22N2O5S/c1-3-26-20(25)18-15-5-4-6-16(15)28-19(18)22-17(24)11-27-14-9-7-13(8-10-14)21-12(2)23/h7-10H,3-6,11H2,1-2H3,(H,21,23)(H,22,24). The van der Waals surface area contributed by atoms with Gasteiger partial charge in [0.2, 0.25) is 5.91 Å². The number of carbonyl (C=O) groups excluding carboxylic acids is 3. The molecule has 28 heavy (non-hydrogen) atoms. The molecule has 0 saturated carbocycles. The van der Waals surface area contributed by atoms with Gasteiger partial charge < -0.3 is 20.1 Å². The Balaban J connectivity index is 1.62. The molecule has 1 aliphatic carbocycles. The molecule has 1 aromatic heterocycles. The predicted molar refractivity (Wildman–Crippen MR) is 107 cm³/mol. The second kappa shape index (κ2) is 8.88. The van der Waals surface area contributed by atoms with Crippen molar-refractivity contribution in [3.8, 4) is 5.75 Å². The summed E-state index contributed by atoms with van der Waals surface area (Å²) in [5.41, 5.74) is 2.12. The number of nitrogens with one attached hydrogen (secondary N) is 2. The Labute approximate surface area is 167 Å². The number of benzene rings is 1. The lowest BCUT2D eigenvalue weighted by Gasteiger charge is -2.09. The third-order valence-electron chi connectivity index (χ3n) is 4.20. The number of hydrogen-bond donors (Lipinski definition) is 2. The first-order valence-electron chi connectivity index (χ1n) is 9.10. The maximum Gasteiger partial charge on any atom is 0.341 e. The summed E-state index contributed by atoms with van der Waals surface area (Å²) in [4.78, 5) is 36.8. The molecule has 7 nitrogen and oxygen atoms in total. The van der Waals surface area contributed by atoms with Crippen molar-refractivity contribution in [1.82, 2.24) is 0 Å². The van der Waals surface area contributed by atoms with Gasteiger partial charge in [-0.15, -0.1) is 11.3 Å². The molecule has 1 aromatic carbocycles. The summed E-state index contributed by atoms with van der Waals surface area (Å²) >= 11 is 1.43. The van der Waals surface area contributed by atoms with Crippen LogP contribution in [0.4, 0.5) is 10.7 Å². The molecule has 2 amide bonds. The van der Waals surface area contributed by atoms with Crippen molar-refractivity contribution < 1.29 is 23.9 Å². The molecule has 0 bridgehead atoms. The number of rotatable bonds is 7. The molecule has 0 aliphatic heterocycles. The zero-order valence-electron chi connectivity index (χ0n) is 15.8. The highest BCUT2D eigenvalue weighted by Crippen LogP contribution is 2.39. The van der Waals surface area contributed by atoms with Crippen LogP contribution in [0.2, 0.25) is 0 Å². The largest absolute Gasteiger partial charge is 0.484 e. The fraction of sp³-hybridized carbons (Fsp3) is 0.350. The predicted octanol–water partition coefficient (Wildman–Crippen LogP) is 3.39. The molecule has 1 aliphatic rings. The molecular weight excluding hydrogens is 380 g/mol. The van der Waals surface area contributed by atoms with E-state index < -0.39 is 5.97 Å². The van der Waals surface area contributed by atoms with Gasteiger partial charge in [-0.2, -0.15) is 0 Å². The summed E-state index contributed by atoms with van der Waals surface area (Å²) in [6.45, 7) is 3.28. The lowest BCUT2D eigenvalue weighted by atomic mass is 10.1. The van der Waals surface area contributed by atoms with Crippen molar-refractivity contribution in [2.75, 3.05) is 23.8 Å². The number of ether oxygens (including phenoxy) is 2. The summed E-state index contributed by atoms with van der Waals surface area (Å²) < 4.78 is 10.6. The Bertz CT molecular complexity index is 889. The van der Waals surface area contributed by atoms with E-state index in [1.165, 1.54) is 18.3 Å². The van der Waals surface area contributed by atoms with Crippen molar-refractivity contribution in [3.05, 3.63) is 40.3 Å². The van der Waals surface area contributed by atoms with Crippen molar-refractivity contribution in [3.63, 3.8) is 0 Å². The SMILES string of the molecule is CCOC(=O)c1c(NC(=O)COc2ccc(NC(C)=O)cc2)sc2c1CCC2. The molecule has 2 N–H and O–H groups in total. The van der Waals surface area contributed by atoms with Crippen LogP contribution in [-0.2, 0) is 27.2 Å². The Morgan fingerprint density at radius 3 is 2.54 bits per heavy atom. The minimum Gasteiger partial charge on any atom is -0.484 e. The quantitative estimate of drug-likeness (QED) is 0.693. The van der Waals surface area contributed by atoms with Crippen LogP contribution in [-0.4, -0.2) is 31.0 Å². The van der Waals surface area contributed by atoms with Gasteiger partial charge in [0, 0.05) is 17.5 Å². The molecular formula is C20H22N2O5S. The normalized spacial score (nSPS) is 12.2. The first-order chi connectivity index (χ1) is 13.5. The number of thiophene rings is 1. The van der Waals surface area contributed by atoms with E-state index in [9.17, 15) is 14.4 Å². The first-order valence-corrected chi connectivity index (χ1v) is 9.91. The maximum absolute atomic E-state index is 12.3. The molecule has 0 saturated heterocycles. The van der Waals surface area contributed by atoms with Crippen molar-refractivity contribution >= 4 is 39.8 Å². The van der Waals surface area contributed by atoms with E-state index in [-0.39, 0.29) is 25.0 Å². The van der Waals surface area contributed by atoms with Gasteiger partial charge in [-0.1, -0.05) is 0 Å². The Morgan fingerprint density at radius 2 is 1.86 bits per heavy atom. The summed E-state index contributed by atoms with van der Waals surface area (Å²) in [7, 11) is 0. The van der Waals surface area contributed by atoms with Crippen molar-refractivity contribution in [2.45, 2.75) is 33.1 Å². The van der Waals surface area contributed by atoms with Crippen molar-refractivity contribution in [1.29, 1.82) is 0 Å². The molecule has 0 atom stereocenters. The van der Waals surface area contributed by atoms with E-state index in [0.29, 0.717) is 22.0 Å². The molecule has 3 rings (SSSR count). The zero-order chi connectivity index (χ0) is 20.1. The molecule has 2 aromatic rings. The maximum atomic E-state index is 12.3. The van der Waals surface area contributed by atoms with Crippen LogP contribution in [0.3, 0.4) is 0 Å². The number of amides is 2. The van der Waals surface area contributed by atoms with Gasteiger partial charge in [-0.3, -0.25) is 9.59 Å². The van der Waals surface area contributed by atoms with Gasteiger partial charge in [0.25, 0.3) is 5.91 Å². The molecule has 148 valence electrons. The van der Waals surface area contributed by atoms with Crippen LogP contribution < -0.4 is 15.4 Å². The van der Waals surface area contributed by atoms with Gasteiger partial charge in [0.1, 0.15) is 10.8 Å². The minimum absolute atomic E-state index is 0.159. The summed E-state index contributed by atoms with van der Waals surface area (Å²) in [5, 5.41) is 5.97. The Kier molecular flexibility index (Phi) is 6.30. The van der Waals surface area contributed by atoms with Gasteiger partial charge in [0.05, 0.1) is 12.2 Å². The average molecular weight is 402 g/mol. The first kappa shape index (κ1) is 19.9. The fourth-order valence-corrected chi connectivity index (χ4v) is 4.35. The number of hydrogen-bond acceptors (Lipinski definition) is 6. The number of carbonyl (C=O) groups is 3. The lowest BCUT2D eigenvalue weighted by Crippen LogP contribution is -2.21. The number of anilines is 2. The van der Waals surface area contributed by atoms with E-state index in [1.807, 2.05) is 0 Å². The smallest absolute Gasteiger partial charge is 0.341 e. The lowest BCUT2D eigenvalue weighted by molar-refractivity contribution is -0.118. The number of aryl methyl sites for hydroxylation is 1. The third-order valence-corrected chi connectivity index (χ3v) is 5.41. The summed E-state index contributed by atoms with van der Waals surface area (Å²) in [5.74, 6) is -0.403. The van der Waals surface area contributed by atoms with Crippen LogP contribution in [0.5, 0.6) is 5.75 Å². The van der Waals surface area contributed by atoms with Crippen LogP contribution in [0.25, 0.3) is 0 Å². The number of esters is 1. The van der Waals surface area contributed by atoms with Gasteiger partial charge in [0.15, 0.2) is 6.61 Å². The van der Waals surface area contributed by atoms with E-state index in [1.54, 1.807) is 31.2 Å². The van der Waals surface area contributed by atoms with E-state index in [0.717, 1.165) is 29.7 Å². The van der Waals surface area contributed by atoms with E-state index in [2.05, 4.69) is 10.6 Å².